The highest BCUT2D eigenvalue weighted by Crippen LogP contribution is 2.32. The fourth-order valence-electron chi connectivity index (χ4n) is 3.87. The van der Waals surface area contributed by atoms with E-state index in [0.717, 1.165) is 37.6 Å². The SMILES string of the molecule is C[C@@H]1CCN(c2cc(-c3ccccc3O)nnc2N)CCN1c1ccnc(/C=C/CO)n1. The molecule has 1 aromatic carbocycles. The van der Waals surface area contributed by atoms with Crippen molar-refractivity contribution in [3.63, 3.8) is 0 Å². The average Bonchev–Trinajstić information content (AvgIpc) is 3.00. The summed E-state index contributed by atoms with van der Waals surface area (Å²) in [6, 6.07) is 11.1. The average molecular weight is 434 g/mol. The zero-order valence-electron chi connectivity index (χ0n) is 18.0. The van der Waals surface area contributed by atoms with Crippen molar-refractivity contribution < 1.29 is 10.2 Å². The summed E-state index contributed by atoms with van der Waals surface area (Å²) in [5, 5.41) is 27.5. The van der Waals surface area contributed by atoms with Crippen LogP contribution in [0.2, 0.25) is 0 Å². The number of benzene rings is 1. The van der Waals surface area contributed by atoms with E-state index < -0.39 is 0 Å². The van der Waals surface area contributed by atoms with Gasteiger partial charge in [0.1, 0.15) is 11.6 Å². The van der Waals surface area contributed by atoms with Gasteiger partial charge in [-0.1, -0.05) is 18.2 Å². The fraction of sp³-hybridized carbons (Fsp3) is 0.304. The van der Waals surface area contributed by atoms with Crippen molar-refractivity contribution in [2.75, 3.05) is 41.8 Å². The normalized spacial score (nSPS) is 17.0. The zero-order chi connectivity index (χ0) is 22.5. The molecule has 1 saturated heterocycles. The molecule has 9 nitrogen and oxygen atoms in total. The fourth-order valence-corrected chi connectivity index (χ4v) is 3.87. The lowest BCUT2D eigenvalue weighted by Crippen LogP contribution is -2.35. The van der Waals surface area contributed by atoms with E-state index >= 15 is 0 Å². The molecule has 4 rings (SSSR count). The first-order valence-electron chi connectivity index (χ1n) is 10.6. The number of anilines is 3. The summed E-state index contributed by atoms with van der Waals surface area (Å²) in [5.74, 6) is 1.94. The lowest BCUT2D eigenvalue weighted by Gasteiger charge is -2.28. The maximum absolute atomic E-state index is 10.2. The summed E-state index contributed by atoms with van der Waals surface area (Å²) < 4.78 is 0. The summed E-state index contributed by atoms with van der Waals surface area (Å²) >= 11 is 0. The van der Waals surface area contributed by atoms with E-state index in [0.29, 0.717) is 22.9 Å². The maximum atomic E-state index is 10.2. The van der Waals surface area contributed by atoms with Gasteiger partial charge in [-0.3, -0.25) is 0 Å². The molecule has 1 aliphatic heterocycles. The van der Waals surface area contributed by atoms with Gasteiger partial charge in [-0.05, 0) is 43.7 Å². The summed E-state index contributed by atoms with van der Waals surface area (Å²) in [7, 11) is 0. The molecule has 1 atom stereocenters. The number of para-hydroxylation sites is 1. The number of nitrogen functional groups attached to an aromatic ring is 1. The molecule has 0 bridgehead atoms. The molecule has 0 radical (unpaired) electrons. The Morgan fingerprint density at radius 1 is 1.16 bits per heavy atom. The minimum absolute atomic E-state index is 0.0488. The van der Waals surface area contributed by atoms with Crippen molar-refractivity contribution in [1.82, 2.24) is 20.2 Å². The number of rotatable bonds is 5. The van der Waals surface area contributed by atoms with Crippen LogP contribution in [0.1, 0.15) is 19.2 Å². The standard InChI is InChI=1S/C23H27N7O2/c1-16-9-11-29(12-13-30(16)22-8-10-25-21(26-22)7-4-14-31)19-15-18(27-28-23(19)24)17-5-2-3-6-20(17)32/h2-8,10,15-16,31-32H,9,11-14H2,1H3,(H2,24,28)/b7-4+/t16-/m1/s1. The molecule has 9 heteroatoms. The molecule has 32 heavy (non-hydrogen) atoms. The maximum Gasteiger partial charge on any atom is 0.169 e. The molecule has 1 fully saturated rings. The highest BCUT2D eigenvalue weighted by Gasteiger charge is 2.24. The highest BCUT2D eigenvalue weighted by molar-refractivity contribution is 5.74. The van der Waals surface area contributed by atoms with E-state index in [4.69, 9.17) is 10.8 Å². The minimum atomic E-state index is -0.0488. The van der Waals surface area contributed by atoms with E-state index in [1.165, 1.54) is 0 Å². The van der Waals surface area contributed by atoms with Gasteiger partial charge >= 0.3 is 0 Å². The van der Waals surface area contributed by atoms with Gasteiger partial charge in [0.15, 0.2) is 11.6 Å². The van der Waals surface area contributed by atoms with Crippen LogP contribution >= 0.6 is 0 Å². The van der Waals surface area contributed by atoms with Gasteiger partial charge in [0.05, 0.1) is 18.0 Å². The molecule has 0 unspecified atom stereocenters. The van der Waals surface area contributed by atoms with E-state index in [-0.39, 0.29) is 18.4 Å². The summed E-state index contributed by atoms with van der Waals surface area (Å²) in [6.45, 7) is 4.40. The lowest BCUT2D eigenvalue weighted by atomic mass is 10.1. The van der Waals surface area contributed by atoms with Crippen LogP contribution in [-0.2, 0) is 0 Å². The van der Waals surface area contributed by atoms with Crippen molar-refractivity contribution in [2.24, 2.45) is 0 Å². The van der Waals surface area contributed by atoms with Crippen LogP contribution in [0.25, 0.3) is 17.3 Å². The Morgan fingerprint density at radius 2 is 2.00 bits per heavy atom. The lowest BCUT2D eigenvalue weighted by molar-refractivity contribution is 0.343. The minimum Gasteiger partial charge on any atom is -0.507 e. The molecule has 0 aliphatic carbocycles. The molecular formula is C23H27N7O2. The van der Waals surface area contributed by atoms with Crippen LogP contribution in [0.15, 0.2) is 48.7 Å². The van der Waals surface area contributed by atoms with Crippen molar-refractivity contribution in [2.45, 2.75) is 19.4 Å². The predicted octanol–water partition coefficient (Wildman–Crippen LogP) is 2.33. The van der Waals surface area contributed by atoms with Crippen LogP contribution in [0.4, 0.5) is 17.3 Å². The topological polar surface area (TPSA) is 125 Å². The van der Waals surface area contributed by atoms with Gasteiger partial charge in [0.25, 0.3) is 0 Å². The number of hydrogen-bond donors (Lipinski definition) is 3. The van der Waals surface area contributed by atoms with Gasteiger partial charge in [-0.15, -0.1) is 10.2 Å². The molecule has 166 valence electrons. The number of aliphatic hydroxyl groups excluding tert-OH is 1. The second-order valence-electron chi connectivity index (χ2n) is 7.69. The Labute approximate surface area is 186 Å². The molecule has 0 amide bonds. The van der Waals surface area contributed by atoms with E-state index in [2.05, 4.69) is 36.9 Å². The second kappa shape index (κ2) is 9.61. The summed E-state index contributed by atoms with van der Waals surface area (Å²) in [5.41, 5.74) is 8.20. The predicted molar refractivity (Wildman–Crippen MR) is 125 cm³/mol. The molecule has 0 spiro atoms. The molecule has 1 aliphatic rings. The van der Waals surface area contributed by atoms with Crippen molar-refractivity contribution >= 4 is 23.4 Å². The van der Waals surface area contributed by atoms with E-state index in [1.807, 2.05) is 24.3 Å². The zero-order valence-corrected chi connectivity index (χ0v) is 18.0. The molecule has 2 aromatic heterocycles. The number of aliphatic hydroxyl groups is 1. The monoisotopic (exact) mass is 433 g/mol. The van der Waals surface area contributed by atoms with Crippen LogP contribution in [-0.4, -0.2) is 62.7 Å². The molecule has 0 saturated carbocycles. The molecule has 3 heterocycles. The number of aromatic nitrogens is 4. The summed E-state index contributed by atoms with van der Waals surface area (Å²) in [4.78, 5) is 13.3. The first kappa shape index (κ1) is 21.5. The number of nitrogens with two attached hydrogens (primary N) is 1. The van der Waals surface area contributed by atoms with Crippen molar-refractivity contribution in [1.29, 1.82) is 0 Å². The second-order valence-corrected chi connectivity index (χ2v) is 7.69. The van der Waals surface area contributed by atoms with Gasteiger partial charge < -0.3 is 25.7 Å². The van der Waals surface area contributed by atoms with Gasteiger partial charge in [-0.2, -0.15) is 0 Å². The third-order valence-electron chi connectivity index (χ3n) is 5.61. The summed E-state index contributed by atoms with van der Waals surface area (Å²) in [6.07, 6.45) is 5.97. The quantitative estimate of drug-likeness (QED) is 0.556. The van der Waals surface area contributed by atoms with Crippen molar-refractivity contribution in [3.8, 4) is 17.0 Å². The van der Waals surface area contributed by atoms with Gasteiger partial charge in [0, 0.05) is 37.4 Å². The van der Waals surface area contributed by atoms with E-state index in [1.54, 1.807) is 30.5 Å². The molecular weight excluding hydrogens is 406 g/mol. The Hall–Kier alpha value is -3.72. The Balaban J connectivity index is 1.57. The third-order valence-corrected chi connectivity index (χ3v) is 5.61. The molecule has 3 aromatic rings. The largest absolute Gasteiger partial charge is 0.507 e. The van der Waals surface area contributed by atoms with Crippen LogP contribution in [0.5, 0.6) is 5.75 Å². The molecule has 4 N–H and O–H groups in total. The number of hydrogen-bond acceptors (Lipinski definition) is 9. The first-order valence-corrected chi connectivity index (χ1v) is 10.6. The van der Waals surface area contributed by atoms with Crippen molar-refractivity contribution in [3.05, 3.63) is 54.5 Å². The smallest absolute Gasteiger partial charge is 0.169 e. The number of phenols is 1. The number of aromatic hydroxyl groups is 1. The van der Waals surface area contributed by atoms with Crippen LogP contribution in [0, 0.1) is 0 Å². The van der Waals surface area contributed by atoms with Gasteiger partial charge in [0.2, 0.25) is 0 Å². The third kappa shape index (κ3) is 4.62. The Kier molecular flexibility index (Phi) is 6.46. The highest BCUT2D eigenvalue weighted by atomic mass is 16.3. The number of phenolic OH excluding ortho intramolecular Hbond substituents is 1. The Bertz CT molecular complexity index is 1110. The van der Waals surface area contributed by atoms with Gasteiger partial charge in [-0.25, -0.2) is 9.97 Å². The Morgan fingerprint density at radius 3 is 2.81 bits per heavy atom. The van der Waals surface area contributed by atoms with Crippen LogP contribution in [0.3, 0.4) is 0 Å². The number of nitrogens with zero attached hydrogens (tertiary/aromatic N) is 6. The van der Waals surface area contributed by atoms with E-state index in [9.17, 15) is 5.11 Å². The first-order chi connectivity index (χ1) is 15.6. The van der Waals surface area contributed by atoms with Crippen LogP contribution < -0.4 is 15.5 Å².